The van der Waals surface area contributed by atoms with Crippen LogP contribution in [0.3, 0.4) is 0 Å². The Kier molecular flexibility index (Phi) is 7.57. The largest absolute Gasteiger partial charge is 0.458 e. The summed E-state index contributed by atoms with van der Waals surface area (Å²) in [5, 5.41) is 2.62. The first-order chi connectivity index (χ1) is 9.30. The van der Waals surface area contributed by atoms with E-state index in [0.29, 0.717) is 6.42 Å². The Labute approximate surface area is 131 Å². The molecule has 0 rings (SSSR count). The lowest BCUT2D eigenvalue weighted by molar-refractivity contribution is -0.157. The minimum Gasteiger partial charge on any atom is -0.458 e. The molecule has 0 aromatic rings. The molecule has 0 heterocycles. The van der Waals surface area contributed by atoms with Gasteiger partial charge < -0.3 is 14.8 Å². The van der Waals surface area contributed by atoms with E-state index in [1.807, 2.05) is 0 Å². The average molecular weight is 320 g/mol. The zero-order valence-electron chi connectivity index (χ0n) is 14.5. The van der Waals surface area contributed by atoms with Gasteiger partial charge in [0.25, 0.3) is 0 Å². The monoisotopic (exact) mass is 320 g/mol. The summed E-state index contributed by atoms with van der Waals surface area (Å²) in [6, 6.07) is -0.672. The van der Waals surface area contributed by atoms with Gasteiger partial charge in [-0.05, 0) is 52.4 Å². The molecule has 0 spiro atoms. The van der Waals surface area contributed by atoms with Crippen molar-refractivity contribution >= 4 is 23.0 Å². The van der Waals surface area contributed by atoms with Crippen LogP contribution in [0.15, 0.2) is 0 Å². The van der Waals surface area contributed by atoms with Crippen LogP contribution in [0.2, 0.25) is 0 Å². The topological polar surface area (TPSA) is 64.6 Å². The maximum absolute atomic E-state index is 12.2. The predicted octanol–water partition coefficient (Wildman–Crippen LogP) is 2.49. The number of hydrogen-bond acceptors (Lipinski definition) is 4. The van der Waals surface area contributed by atoms with E-state index in [2.05, 4.69) is 17.8 Å². The third-order valence-electron chi connectivity index (χ3n) is 2.20. The first-order valence-electron chi connectivity index (χ1n) is 7.07. The van der Waals surface area contributed by atoms with E-state index in [1.165, 1.54) is 0 Å². The molecule has 5 nitrogen and oxygen atoms in total. The fourth-order valence-electron chi connectivity index (χ4n) is 1.43. The first-order valence-corrected chi connectivity index (χ1v) is 9.28. The number of nitrogens with one attached hydrogen (secondary N) is 1. The van der Waals surface area contributed by atoms with Crippen LogP contribution in [0, 0.1) is 0 Å². The highest BCUT2D eigenvalue weighted by Crippen LogP contribution is 2.12. The molecule has 1 amide bonds. The van der Waals surface area contributed by atoms with Crippen molar-refractivity contribution in [2.45, 2.75) is 65.2 Å². The fraction of sp³-hybridized carbons (Fsp3) is 0.867. The highest BCUT2D eigenvalue weighted by atomic mass is 32.2. The normalized spacial score (nSPS) is 13.8. The molecule has 1 unspecified atom stereocenters. The van der Waals surface area contributed by atoms with Gasteiger partial charge in [0.2, 0.25) is 0 Å². The van der Waals surface area contributed by atoms with Crippen LogP contribution in [0.5, 0.6) is 0 Å². The van der Waals surface area contributed by atoms with E-state index < -0.39 is 29.3 Å². The smallest absolute Gasteiger partial charge is 0.408 e. The number of rotatable bonds is 5. The molecule has 0 bridgehead atoms. The molecule has 0 saturated carbocycles. The van der Waals surface area contributed by atoms with E-state index in [4.69, 9.17) is 9.47 Å². The molecule has 6 heteroatoms. The molecular weight excluding hydrogens is 290 g/mol. The summed E-state index contributed by atoms with van der Waals surface area (Å²) in [7, 11) is 0.190. The number of alkyl carbamates (subject to hydrolysis) is 1. The van der Waals surface area contributed by atoms with Crippen LogP contribution in [-0.2, 0) is 25.2 Å². The molecule has 0 aliphatic heterocycles. The van der Waals surface area contributed by atoms with Gasteiger partial charge in [0.15, 0.2) is 0 Å². The fourth-order valence-corrected chi connectivity index (χ4v) is 2.13. The maximum Gasteiger partial charge on any atom is 0.408 e. The molecule has 1 atom stereocenters. The van der Waals surface area contributed by atoms with Crippen LogP contribution in [-0.4, -0.2) is 47.6 Å². The third kappa shape index (κ3) is 11.4. The van der Waals surface area contributed by atoms with Gasteiger partial charge in [-0.25, -0.2) is 9.59 Å². The Morgan fingerprint density at radius 2 is 1.48 bits per heavy atom. The van der Waals surface area contributed by atoms with E-state index in [-0.39, 0.29) is 10.9 Å². The highest BCUT2D eigenvalue weighted by Gasteiger charge is 2.29. The number of esters is 1. The lowest BCUT2D eigenvalue weighted by Gasteiger charge is -2.26. The standard InChI is InChI=1S/C15H29NO4S/c1-14(2,3)19-12(17)11(9-10-21(7)8)16-13(18)20-15(4,5)6/h11H,9-10H2,1-8H3/p+1. The van der Waals surface area contributed by atoms with Crippen molar-refractivity contribution in [1.29, 1.82) is 0 Å². The summed E-state index contributed by atoms with van der Waals surface area (Å²) in [6.07, 6.45) is 4.15. The Hall–Kier alpha value is -0.910. The predicted molar refractivity (Wildman–Crippen MR) is 87.7 cm³/mol. The zero-order chi connectivity index (χ0) is 16.8. The third-order valence-corrected chi connectivity index (χ3v) is 3.25. The van der Waals surface area contributed by atoms with E-state index in [0.717, 1.165) is 5.75 Å². The minimum absolute atomic E-state index is 0.190. The SMILES string of the molecule is C[S+](C)CCC(NC(=O)OC(C)(C)C)C(=O)OC(C)(C)C. The Morgan fingerprint density at radius 1 is 1.00 bits per heavy atom. The van der Waals surface area contributed by atoms with Crippen molar-refractivity contribution in [3.05, 3.63) is 0 Å². The van der Waals surface area contributed by atoms with Crippen molar-refractivity contribution in [3.63, 3.8) is 0 Å². The molecule has 0 aromatic heterocycles. The number of ether oxygens (including phenoxy) is 2. The molecule has 0 aromatic carbocycles. The average Bonchev–Trinajstić information content (AvgIpc) is 2.18. The van der Waals surface area contributed by atoms with E-state index >= 15 is 0 Å². The van der Waals surface area contributed by atoms with Crippen LogP contribution in [0.4, 0.5) is 4.79 Å². The van der Waals surface area contributed by atoms with Gasteiger partial charge in [0.1, 0.15) is 23.0 Å². The second-order valence-corrected chi connectivity index (χ2v) is 9.59. The summed E-state index contributed by atoms with van der Waals surface area (Å²) in [5.74, 6) is 0.429. The summed E-state index contributed by atoms with van der Waals surface area (Å²) in [6.45, 7) is 10.8. The summed E-state index contributed by atoms with van der Waals surface area (Å²) in [4.78, 5) is 24.0. The molecule has 0 fully saturated rings. The number of hydrogen-bond donors (Lipinski definition) is 1. The van der Waals surface area contributed by atoms with Gasteiger partial charge in [-0.3, -0.25) is 0 Å². The Balaban J connectivity index is 4.73. The van der Waals surface area contributed by atoms with Crippen molar-refractivity contribution in [2.75, 3.05) is 18.3 Å². The van der Waals surface area contributed by atoms with Gasteiger partial charge in [-0.2, -0.15) is 0 Å². The second kappa shape index (κ2) is 7.92. The van der Waals surface area contributed by atoms with E-state index in [9.17, 15) is 9.59 Å². The van der Waals surface area contributed by atoms with E-state index in [1.54, 1.807) is 41.5 Å². The van der Waals surface area contributed by atoms with Crippen LogP contribution in [0.1, 0.15) is 48.0 Å². The van der Waals surface area contributed by atoms with Crippen LogP contribution >= 0.6 is 0 Å². The lowest BCUT2D eigenvalue weighted by Crippen LogP contribution is -2.46. The van der Waals surface area contributed by atoms with Crippen molar-refractivity contribution < 1.29 is 19.1 Å². The molecule has 21 heavy (non-hydrogen) atoms. The summed E-state index contributed by atoms with van der Waals surface area (Å²) in [5.41, 5.74) is -1.17. The number of carbonyl (C=O) groups is 2. The molecule has 1 N–H and O–H groups in total. The molecule has 0 radical (unpaired) electrons. The van der Waals surface area contributed by atoms with Gasteiger partial charge >= 0.3 is 12.1 Å². The Morgan fingerprint density at radius 3 is 1.86 bits per heavy atom. The quantitative estimate of drug-likeness (QED) is 0.624. The summed E-state index contributed by atoms with van der Waals surface area (Å²) >= 11 is 0. The molecule has 0 aliphatic carbocycles. The molecule has 124 valence electrons. The van der Waals surface area contributed by atoms with Crippen LogP contribution in [0.25, 0.3) is 0 Å². The second-order valence-electron chi connectivity index (χ2n) is 7.21. The molecule has 0 saturated heterocycles. The number of amides is 1. The van der Waals surface area contributed by atoms with Gasteiger partial charge in [0, 0.05) is 6.42 Å². The van der Waals surface area contributed by atoms with Crippen LogP contribution < -0.4 is 5.32 Å². The Bertz CT molecular complexity index is 356. The first kappa shape index (κ1) is 20.1. The van der Waals surface area contributed by atoms with Gasteiger partial charge in [-0.1, -0.05) is 0 Å². The summed E-state index contributed by atoms with van der Waals surface area (Å²) < 4.78 is 10.6. The van der Waals surface area contributed by atoms with Crippen molar-refractivity contribution in [2.24, 2.45) is 0 Å². The zero-order valence-corrected chi connectivity index (χ0v) is 15.3. The maximum atomic E-state index is 12.2. The van der Waals surface area contributed by atoms with Gasteiger partial charge in [0.05, 0.1) is 12.5 Å². The highest BCUT2D eigenvalue weighted by molar-refractivity contribution is 7.95. The van der Waals surface area contributed by atoms with Gasteiger partial charge in [-0.15, -0.1) is 0 Å². The lowest BCUT2D eigenvalue weighted by atomic mass is 10.1. The van der Waals surface area contributed by atoms with Crippen molar-refractivity contribution in [3.8, 4) is 0 Å². The molecule has 0 aliphatic rings. The van der Waals surface area contributed by atoms with Crippen molar-refractivity contribution in [1.82, 2.24) is 5.32 Å². The molecular formula is C15H30NO4S+. The minimum atomic E-state index is -0.672. The number of carbonyl (C=O) groups excluding carboxylic acids is 2.